The quantitative estimate of drug-likeness (QED) is 0.477. The van der Waals surface area contributed by atoms with Crippen LogP contribution in [0.15, 0.2) is 41.8 Å². The van der Waals surface area contributed by atoms with Crippen LogP contribution in [0.3, 0.4) is 0 Å². The van der Waals surface area contributed by atoms with E-state index in [1.165, 1.54) is 11.3 Å². The van der Waals surface area contributed by atoms with Gasteiger partial charge in [-0.05, 0) is 54.2 Å². The molecule has 1 aromatic heterocycles. The SMILES string of the molecule is CN1C(=O)CCc2ccc(-c3csc(NC(=O)CNC(=O)c4ccc5c(c4)[C@](C)(CO)CC5)n3)cc21. The van der Waals surface area contributed by atoms with Gasteiger partial charge in [0.05, 0.1) is 18.8 Å². The number of hydrogen-bond donors (Lipinski definition) is 3. The maximum atomic E-state index is 12.7. The lowest BCUT2D eigenvalue weighted by Gasteiger charge is -2.26. The van der Waals surface area contributed by atoms with Crippen molar-refractivity contribution in [2.45, 2.75) is 38.0 Å². The molecule has 9 heteroatoms. The minimum atomic E-state index is -0.374. The number of nitrogens with zero attached hydrogens (tertiary/aromatic N) is 2. The summed E-state index contributed by atoms with van der Waals surface area (Å²) in [5.74, 6) is -0.621. The molecule has 0 fully saturated rings. The van der Waals surface area contributed by atoms with Crippen LogP contribution in [0.25, 0.3) is 11.3 Å². The van der Waals surface area contributed by atoms with Crippen LogP contribution in [-0.2, 0) is 27.8 Å². The zero-order valence-electron chi connectivity index (χ0n) is 20.3. The molecular formula is C27H28N4O4S. The van der Waals surface area contributed by atoms with Gasteiger partial charge in [0, 0.05) is 41.1 Å². The van der Waals surface area contributed by atoms with Crippen molar-refractivity contribution >= 4 is 39.9 Å². The zero-order valence-corrected chi connectivity index (χ0v) is 21.1. The number of thiazole rings is 1. The van der Waals surface area contributed by atoms with E-state index in [2.05, 4.69) is 15.6 Å². The highest BCUT2D eigenvalue weighted by atomic mass is 32.1. The molecule has 1 aliphatic heterocycles. The van der Waals surface area contributed by atoms with E-state index in [9.17, 15) is 19.5 Å². The summed E-state index contributed by atoms with van der Waals surface area (Å²) in [6.07, 6.45) is 2.98. The minimum Gasteiger partial charge on any atom is -0.395 e. The Labute approximate surface area is 213 Å². The molecule has 0 bridgehead atoms. The first-order valence-electron chi connectivity index (χ1n) is 11.9. The largest absolute Gasteiger partial charge is 0.395 e. The minimum absolute atomic E-state index is 0.0313. The third-order valence-electron chi connectivity index (χ3n) is 7.20. The number of aliphatic hydroxyl groups is 1. The Bertz CT molecular complexity index is 1370. The molecule has 0 saturated carbocycles. The number of carbonyl (C=O) groups excluding carboxylic acids is 3. The fourth-order valence-corrected chi connectivity index (χ4v) is 5.62. The summed E-state index contributed by atoms with van der Waals surface area (Å²) in [6.45, 7) is 1.84. The number of aliphatic hydroxyl groups excluding tert-OH is 1. The molecule has 1 atom stereocenters. The van der Waals surface area contributed by atoms with Crippen LogP contribution < -0.4 is 15.5 Å². The van der Waals surface area contributed by atoms with Crippen LogP contribution in [0.4, 0.5) is 10.8 Å². The third-order valence-corrected chi connectivity index (χ3v) is 7.96. The van der Waals surface area contributed by atoms with Crippen molar-refractivity contribution in [1.29, 1.82) is 0 Å². The Morgan fingerprint density at radius 3 is 2.75 bits per heavy atom. The maximum Gasteiger partial charge on any atom is 0.251 e. The van der Waals surface area contributed by atoms with Gasteiger partial charge in [-0.3, -0.25) is 14.4 Å². The Morgan fingerprint density at radius 2 is 1.94 bits per heavy atom. The van der Waals surface area contributed by atoms with Crippen LogP contribution in [0.1, 0.15) is 46.8 Å². The molecule has 5 rings (SSSR count). The first-order chi connectivity index (χ1) is 17.3. The van der Waals surface area contributed by atoms with Crippen LogP contribution in [0.2, 0.25) is 0 Å². The van der Waals surface area contributed by atoms with E-state index in [0.29, 0.717) is 22.8 Å². The van der Waals surface area contributed by atoms with E-state index in [4.69, 9.17) is 0 Å². The number of aromatic nitrogens is 1. The molecule has 36 heavy (non-hydrogen) atoms. The lowest BCUT2D eigenvalue weighted by Crippen LogP contribution is -2.33. The van der Waals surface area contributed by atoms with Crippen molar-refractivity contribution < 1.29 is 19.5 Å². The average molecular weight is 505 g/mol. The summed E-state index contributed by atoms with van der Waals surface area (Å²) in [6, 6.07) is 11.4. The van der Waals surface area contributed by atoms with Gasteiger partial charge in [0.25, 0.3) is 5.91 Å². The van der Waals surface area contributed by atoms with Gasteiger partial charge < -0.3 is 20.6 Å². The summed E-state index contributed by atoms with van der Waals surface area (Å²) in [7, 11) is 1.78. The maximum absolute atomic E-state index is 12.7. The van der Waals surface area contributed by atoms with Crippen molar-refractivity contribution in [3.8, 4) is 11.3 Å². The second-order valence-corrected chi connectivity index (χ2v) is 10.5. The van der Waals surface area contributed by atoms with Gasteiger partial charge in [-0.1, -0.05) is 25.1 Å². The first kappa shape index (κ1) is 24.1. The summed E-state index contributed by atoms with van der Waals surface area (Å²) >= 11 is 1.30. The van der Waals surface area contributed by atoms with E-state index in [1.54, 1.807) is 18.0 Å². The number of nitrogens with one attached hydrogen (secondary N) is 2. The first-order valence-corrected chi connectivity index (χ1v) is 12.8. The van der Waals surface area contributed by atoms with Gasteiger partial charge in [-0.2, -0.15) is 0 Å². The van der Waals surface area contributed by atoms with Crippen LogP contribution >= 0.6 is 11.3 Å². The smallest absolute Gasteiger partial charge is 0.251 e. The molecule has 2 aliphatic rings. The lowest BCUT2D eigenvalue weighted by molar-refractivity contribution is -0.118. The van der Waals surface area contributed by atoms with E-state index >= 15 is 0 Å². The van der Waals surface area contributed by atoms with E-state index in [1.807, 2.05) is 42.6 Å². The van der Waals surface area contributed by atoms with Gasteiger partial charge in [-0.15, -0.1) is 11.3 Å². The fourth-order valence-electron chi connectivity index (χ4n) is 4.89. The number of fused-ring (bicyclic) bond motifs is 2. The number of benzene rings is 2. The second kappa shape index (κ2) is 9.48. The number of amides is 3. The van der Waals surface area contributed by atoms with Gasteiger partial charge in [-0.25, -0.2) is 4.98 Å². The Balaban J connectivity index is 1.20. The van der Waals surface area contributed by atoms with Gasteiger partial charge in [0.15, 0.2) is 5.13 Å². The molecule has 0 spiro atoms. The highest BCUT2D eigenvalue weighted by Gasteiger charge is 2.34. The van der Waals surface area contributed by atoms with E-state index in [-0.39, 0.29) is 36.3 Å². The van der Waals surface area contributed by atoms with E-state index in [0.717, 1.165) is 47.2 Å². The molecular weight excluding hydrogens is 476 g/mol. The van der Waals surface area contributed by atoms with Crippen LogP contribution in [-0.4, -0.2) is 48.0 Å². The number of hydrogen-bond acceptors (Lipinski definition) is 6. The number of carbonyl (C=O) groups is 3. The molecule has 3 aromatic rings. The topological polar surface area (TPSA) is 112 Å². The average Bonchev–Trinajstić information content (AvgIpc) is 3.49. The molecule has 186 valence electrons. The molecule has 0 saturated heterocycles. The van der Waals surface area contributed by atoms with Gasteiger partial charge >= 0.3 is 0 Å². The highest BCUT2D eigenvalue weighted by molar-refractivity contribution is 7.14. The molecule has 2 heterocycles. The summed E-state index contributed by atoms with van der Waals surface area (Å²) in [5, 5.41) is 17.5. The monoisotopic (exact) mass is 504 g/mol. The van der Waals surface area contributed by atoms with Gasteiger partial charge in [0.2, 0.25) is 11.8 Å². The van der Waals surface area contributed by atoms with Crippen molar-refractivity contribution in [2.75, 3.05) is 30.4 Å². The molecule has 8 nitrogen and oxygen atoms in total. The number of aryl methyl sites for hydroxylation is 2. The van der Waals surface area contributed by atoms with E-state index < -0.39 is 0 Å². The predicted molar refractivity (Wildman–Crippen MR) is 139 cm³/mol. The Morgan fingerprint density at radius 1 is 1.14 bits per heavy atom. The molecule has 3 N–H and O–H groups in total. The van der Waals surface area contributed by atoms with Gasteiger partial charge in [0.1, 0.15) is 0 Å². The Kier molecular flexibility index (Phi) is 6.36. The van der Waals surface area contributed by atoms with Crippen molar-refractivity contribution in [2.24, 2.45) is 0 Å². The molecule has 2 aromatic carbocycles. The van der Waals surface area contributed by atoms with Crippen LogP contribution in [0.5, 0.6) is 0 Å². The second-order valence-electron chi connectivity index (χ2n) is 9.66. The lowest BCUT2D eigenvalue weighted by atomic mass is 9.84. The Hall–Kier alpha value is -3.56. The van der Waals surface area contributed by atoms with Crippen molar-refractivity contribution in [3.63, 3.8) is 0 Å². The zero-order chi connectivity index (χ0) is 25.4. The third kappa shape index (κ3) is 4.52. The summed E-state index contributed by atoms with van der Waals surface area (Å²) in [4.78, 5) is 43.4. The summed E-state index contributed by atoms with van der Waals surface area (Å²) in [5.41, 5.74) is 5.86. The summed E-state index contributed by atoms with van der Waals surface area (Å²) < 4.78 is 0. The normalized spacial score (nSPS) is 18.5. The highest BCUT2D eigenvalue weighted by Crippen LogP contribution is 2.39. The molecule has 3 amide bonds. The van der Waals surface area contributed by atoms with Crippen molar-refractivity contribution in [3.05, 3.63) is 64.0 Å². The van der Waals surface area contributed by atoms with Crippen LogP contribution in [0, 0.1) is 0 Å². The predicted octanol–water partition coefficient (Wildman–Crippen LogP) is 3.28. The molecule has 1 aliphatic carbocycles. The molecule has 0 unspecified atom stereocenters. The van der Waals surface area contributed by atoms with Crippen molar-refractivity contribution in [1.82, 2.24) is 10.3 Å². The number of rotatable bonds is 6. The number of anilines is 2. The molecule has 0 radical (unpaired) electrons. The standard InChI is InChI=1S/C27H28N4O4S/c1-27(15-32)10-9-16-3-6-19(11-20(16)27)25(35)28-13-23(33)30-26-29-21(14-36-26)18-5-4-17-7-8-24(34)31(2)22(17)12-18/h3-6,11-12,14,32H,7-10,13,15H2,1-2H3,(H,28,35)(H,29,30,33)/t27-/m0/s1. The fraction of sp³-hybridized carbons (Fsp3) is 0.333.